The molecule has 0 spiro atoms. The van der Waals surface area contributed by atoms with E-state index < -0.39 is 13.9 Å². The topological polar surface area (TPSA) is 244 Å². The molecule has 0 aromatic heterocycles. The Bertz CT molecular complexity index is 109. The van der Waals surface area contributed by atoms with Gasteiger partial charge in [-0.1, -0.05) is 0 Å². The summed E-state index contributed by atoms with van der Waals surface area (Å²) in [6.45, 7) is -7.41. The summed E-state index contributed by atoms with van der Waals surface area (Å²) in [6.07, 6.45) is 0. The van der Waals surface area contributed by atoms with Crippen LogP contribution < -0.4 is 59.1 Å². The van der Waals surface area contributed by atoms with E-state index in [0.29, 0.717) is 0 Å². The predicted molar refractivity (Wildman–Crippen MR) is 39.2 cm³/mol. The summed E-state index contributed by atoms with van der Waals surface area (Å²) in [5.74, 6) is 0. The minimum absolute atomic E-state index is 0. The molecule has 0 amide bonds. The molecule has 0 saturated carbocycles. The predicted octanol–water partition coefficient (Wildman–Crippen LogP) is -12.6. The average molecular weight is 272 g/mol. The minimum atomic E-state index is -3.71. The van der Waals surface area contributed by atoms with Crippen molar-refractivity contribution in [2.24, 2.45) is 0 Å². The summed E-state index contributed by atoms with van der Waals surface area (Å²) in [5, 5.41) is 33.3. The molecule has 0 unspecified atom stereocenters. The Labute approximate surface area is 133 Å². The molecule has 0 bridgehead atoms. The van der Waals surface area contributed by atoms with Crippen LogP contribution in [-0.4, -0.2) is 55.9 Å². The molecular formula is H12B2Na2O12. The number of hydrogen-bond donors (Lipinski definition) is 4. The molecule has 0 aromatic rings. The second-order valence-corrected chi connectivity index (χ2v) is 1.65. The summed E-state index contributed by atoms with van der Waals surface area (Å²) in [6, 6.07) is 0. The van der Waals surface area contributed by atoms with Crippen molar-refractivity contribution < 1.29 is 120 Å². The molecule has 0 atom stereocenters. The largest absolute Gasteiger partial charge is 1.00 e. The Morgan fingerprint density at radius 3 is 0.750 bits per heavy atom. The first-order valence-corrected chi connectivity index (χ1v) is 2.31. The maximum absolute atomic E-state index is 8.32. The van der Waals surface area contributed by atoms with Gasteiger partial charge in [-0.25, -0.2) is 0 Å². The first-order valence-electron chi connectivity index (χ1n) is 2.31. The van der Waals surface area contributed by atoms with E-state index in [0.717, 1.165) is 0 Å². The fourth-order valence-corrected chi connectivity index (χ4v) is 0.322. The average Bonchev–Trinajstić information content (AvgIpc) is 1.79. The van der Waals surface area contributed by atoms with E-state index >= 15 is 0 Å². The summed E-state index contributed by atoms with van der Waals surface area (Å²) >= 11 is 0. The monoisotopic (exact) mass is 272 g/mol. The van der Waals surface area contributed by atoms with Crippen molar-refractivity contribution >= 4 is 13.9 Å². The van der Waals surface area contributed by atoms with Crippen LogP contribution in [-0.2, 0) is 19.2 Å². The van der Waals surface area contributed by atoms with E-state index in [1.54, 1.807) is 0 Å². The zero-order chi connectivity index (χ0) is 7.83. The molecule has 16 heteroatoms. The van der Waals surface area contributed by atoms with Gasteiger partial charge in [0.2, 0.25) is 0 Å². The maximum Gasteiger partial charge on any atom is 1.00 e. The Kier molecular flexibility index (Phi) is 29.5. The zero-order valence-corrected chi connectivity index (χ0v) is 12.6. The molecule has 16 heavy (non-hydrogen) atoms. The first-order chi connectivity index (χ1) is 4.41. The van der Waals surface area contributed by atoms with E-state index in [4.69, 9.17) is 20.1 Å². The van der Waals surface area contributed by atoms with Gasteiger partial charge in [0, 0.05) is 0 Å². The van der Waals surface area contributed by atoms with Crippen LogP contribution in [0.15, 0.2) is 0 Å². The molecule has 0 aromatic carbocycles. The van der Waals surface area contributed by atoms with Crippen molar-refractivity contribution in [2.45, 2.75) is 0 Å². The second-order valence-electron chi connectivity index (χ2n) is 1.65. The zero-order valence-electron chi connectivity index (χ0n) is 8.58. The molecule has 1 heterocycles. The van der Waals surface area contributed by atoms with Crippen molar-refractivity contribution in [2.75, 3.05) is 0 Å². The molecule has 92 valence electrons. The van der Waals surface area contributed by atoms with Crippen molar-refractivity contribution in [3.05, 3.63) is 0 Å². The van der Waals surface area contributed by atoms with Crippen LogP contribution in [0.4, 0.5) is 0 Å². The first kappa shape index (κ1) is 36.1. The van der Waals surface area contributed by atoms with Crippen molar-refractivity contribution in [3.63, 3.8) is 0 Å². The summed E-state index contributed by atoms with van der Waals surface area (Å²) < 4.78 is 0. The van der Waals surface area contributed by atoms with Gasteiger partial charge in [0.1, 0.15) is 0 Å². The van der Waals surface area contributed by atoms with Gasteiger partial charge in [0.05, 0.1) is 0 Å². The van der Waals surface area contributed by atoms with Gasteiger partial charge in [-0.15, -0.1) is 0 Å². The number of hydrogen-bond acceptors (Lipinski definition) is 8. The summed E-state index contributed by atoms with van der Waals surface area (Å²) in [7, 11) is 0. The minimum Gasteiger partial charge on any atom is -0.531 e. The van der Waals surface area contributed by atoms with Gasteiger partial charge in [-0.3, -0.25) is 0 Å². The smallest absolute Gasteiger partial charge is 0.531 e. The molecule has 0 radical (unpaired) electrons. The van der Waals surface area contributed by atoms with E-state index in [1.165, 1.54) is 0 Å². The molecule has 1 rings (SSSR count). The fourth-order valence-electron chi connectivity index (χ4n) is 0.322. The van der Waals surface area contributed by atoms with Crippen LogP contribution in [0.3, 0.4) is 0 Å². The van der Waals surface area contributed by atoms with Gasteiger partial charge in [0.25, 0.3) is 0 Å². The van der Waals surface area contributed by atoms with E-state index in [1.807, 2.05) is 0 Å². The Morgan fingerprint density at radius 2 is 0.625 bits per heavy atom. The van der Waals surface area contributed by atoms with Crippen LogP contribution in [0.1, 0.15) is 0 Å². The maximum atomic E-state index is 8.32. The van der Waals surface area contributed by atoms with Crippen LogP contribution in [0, 0.1) is 0 Å². The Morgan fingerprint density at radius 1 is 0.500 bits per heavy atom. The van der Waals surface area contributed by atoms with Crippen LogP contribution >= 0.6 is 0 Å². The Hall–Kier alpha value is 1.65. The summed E-state index contributed by atoms with van der Waals surface area (Å²) in [5.41, 5.74) is 0. The van der Waals surface area contributed by atoms with Gasteiger partial charge >= 0.3 is 73.0 Å². The third-order valence-electron chi connectivity index (χ3n) is 0.613. The second kappa shape index (κ2) is 13.1. The van der Waals surface area contributed by atoms with Gasteiger partial charge in [0.15, 0.2) is 0 Å². The molecule has 12 nitrogen and oxygen atoms in total. The van der Waals surface area contributed by atoms with Gasteiger partial charge in [-0.2, -0.15) is 0 Å². The summed E-state index contributed by atoms with van der Waals surface area (Å²) in [4.78, 5) is 14.1. The third-order valence-corrected chi connectivity index (χ3v) is 0.613. The molecule has 12 N–H and O–H groups in total. The fraction of sp³-hybridized carbons (Fsp3) is 0. The van der Waals surface area contributed by atoms with Crippen molar-refractivity contribution in [1.82, 2.24) is 0 Å². The van der Waals surface area contributed by atoms with Gasteiger partial charge < -0.3 is 61.2 Å². The van der Waals surface area contributed by atoms with Crippen LogP contribution in [0.25, 0.3) is 0 Å². The quantitative estimate of drug-likeness (QED) is 0.242. The van der Waals surface area contributed by atoms with Gasteiger partial charge in [-0.05, 0) is 0 Å². The third kappa shape index (κ3) is 13.7. The normalized spacial score (nSPS) is 18.8. The number of rotatable bonds is 0. The molecule has 1 aliphatic rings. The molecule has 1 aliphatic heterocycles. The molecule has 0 aliphatic carbocycles. The standard InChI is InChI=1S/B2H4O8.2Na.4H2O/c3-1(4)7-9-2(5,6)10-8-1;;;;;;/h3-6H;;;4*1H2/q-2;2*+1;;;;. The molecule has 1 fully saturated rings. The van der Waals surface area contributed by atoms with Crippen molar-refractivity contribution in [3.8, 4) is 0 Å². The van der Waals surface area contributed by atoms with Crippen LogP contribution in [0.5, 0.6) is 0 Å². The molecular weight excluding hydrogens is 260 g/mol. The van der Waals surface area contributed by atoms with Crippen LogP contribution in [0.2, 0.25) is 0 Å². The van der Waals surface area contributed by atoms with E-state index in [9.17, 15) is 0 Å². The SMILES string of the molecule is O.O.O.O.O[B-]1(O)OO[B-](O)(O)OO1.[Na+].[Na+]. The van der Waals surface area contributed by atoms with E-state index in [-0.39, 0.29) is 81.0 Å². The Balaban J connectivity index is -0.0000000417. The molecule has 1 saturated heterocycles. The van der Waals surface area contributed by atoms with E-state index in [2.05, 4.69) is 19.2 Å². The van der Waals surface area contributed by atoms with Crippen molar-refractivity contribution in [1.29, 1.82) is 0 Å².